The number of hydrogen-bond donors (Lipinski definition) is 1. The molecule has 0 saturated carbocycles. The normalized spacial score (nSPS) is 10.8. The van der Waals surface area contributed by atoms with Gasteiger partial charge in [0.1, 0.15) is 11.8 Å². The lowest BCUT2D eigenvalue weighted by Gasteiger charge is -2.03. The van der Waals surface area contributed by atoms with Gasteiger partial charge in [-0.25, -0.2) is 4.98 Å². The highest BCUT2D eigenvalue weighted by molar-refractivity contribution is 7.98. The molecule has 2 heterocycles. The summed E-state index contributed by atoms with van der Waals surface area (Å²) >= 11 is 7.46. The number of pyridine rings is 1. The third kappa shape index (κ3) is 2.77. The monoisotopic (exact) mass is 270 g/mol. The molecule has 2 rings (SSSR count). The van der Waals surface area contributed by atoms with Crippen molar-refractivity contribution in [3.05, 3.63) is 34.9 Å². The Morgan fingerprint density at radius 2 is 2.29 bits per heavy atom. The minimum Gasteiger partial charge on any atom is -0.388 e. The van der Waals surface area contributed by atoms with Gasteiger partial charge in [-0.2, -0.15) is 0 Å². The number of rotatable bonds is 4. The van der Waals surface area contributed by atoms with Gasteiger partial charge in [0.25, 0.3) is 0 Å². The highest BCUT2D eigenvalue weighted by Crippen LogP contribution is 2.24. The Morgan fingerprint density at radius 3 is 2.94 bits per heavy atom. The predicted octanol–water partition coefficient (Wildman–Crippen LogP) is 1.65. The van der Waals surface area contributed by atoms with Gasteiger partial charge in [-0.05, 0) is 11.6 Å². The summed E-state index contributed by atoms with van der Waals surface area (Å²) in [6, 6.07) is 3.77. The van der Waals surface area contributed by atoms with Gasteiger partial charge in [0, 0.05) is 19.0 Å². The van der Waals surface area contributed by atoms with E-state index in [4.69, 9.17) is 16.7 Å². The standard InChI is InChI=1S/C10H11ClN4OS/c1-15-8(5-16)13-14-10(15)17-6-7-3-2-4-12-9(7)11/h2-4,16H,5-6H2,1H3. The van der Waals surface area contributed by atoms with Crippen molar-refractivity contribution < 1.29 is 5.11 Å². The molecule has 0 saturated heterocycles. The second-order valence-electron chi connectivity index (χ2n) is 3.36. The molecule has 0 radical (unpaired) electrons. The molecule has 0 aliphatic carbocycles. The minimum absolute atomic E-state index is 0.113. The van der Waals surface area contributed by atoms with E-state index < -0.39 is 0 Å². The third-order valence-electron chi connectivity index (χ3n) is 2.26. The summed E-state index contributed by atoms with van der Waals surface area (Å²) in [5, 5.41) is 18.1. The molecule has 0 unspecified atom stereocenters. The Kier molecular flexibility index (Phi) is 3.98. The molecule has 90 valence electrons. The molecule has 0 atom stereocenters. The van der Waals surface area contributed by atoms with Gasteiger partial charge in [0.15, 0.2) is 11.0 Å². The molecular formula is C10H11ClN4OS. The molecule has 2 aromatic heterocycles. The lowest BCUT2D eigenvalue weighted by molar-refractivity contribution is 0.266. The number of aromatic nitrogens is 4. The second kappa shape index (κ2) is 5.48. The van der Waals surface area contributed by atoms with E-state index in [9.17, 15) is 0 Å². The van der Waals surface area contributed by atoms with Gasteiger partial charge in [0.2, 0.25) is 0 Å². The first-order valence-electron chi connectivity index (χ1n) is 4.93. The van der Waals surface area contributed by atoms with Crippen LogP contribution in [0.5, 0.6) is 0 Å². The summed E-state index contributed by atoms with van der Waals surface area (Å²) in [4.78, 5) is 4.00. The zero-order chi connectivity index (χ0) is 12.3. The van der Waals surface area contributed by atoms with Crippen LogP contribution in [0, 0.1) is 0 Å². The highest BCUT2D eigenvalue weighted by atomic mass is 35.5. The van der Waals surface area contributed by atoms with E-state index in [0.29, 0.717) is 16.7 Å². The molecule has 0 bridgehead atoms. The van der Waals surface area contributed by atoms with Crippen molar-refractivity contribution in [3.63, 3.8) is 0 Å². The summed E-state index contributed by atoms with van der Waals surface area (Å²) in [6.45, 7) is -0.113. The molecule has 0 aliphatic rings. The Labute approximate surface area is 108 Å². The van der Waals surface area contributed by atoms with E-state index in [1.54, 1.807) is 10.8 Å². The van der Waals surface area contributed by atoms with Gasteiger partial charge < -0.3 is 9.67 Å². The first-order chi connectivity index (χ1) is 8.22. The molecule has 0 aromatic carbocycles. The van der Waals surface area contributed by atoms with Gasteiger partial charge in [0.05, 0.1) is 0 Å². The van der Waals surface area contributed by atoms with Crippen LogP contribution < -0.4 is 0 Å². The Bertz CT molecular complexity index is 517. The number of halogens is 1. The molecule has 17 heavy (non-hydrogen) atoms. The maximum Gasteiger partial charge on any atom is 0.191 e. The van der Waals surface area contributed by atoms with Crippen molar-refractivity contribution >= 4 is 23.4 Å². The molecule has 0 fully saturated rings. The van der Waals surface area contributed by atoms with Crippen LogP contribution in [0.25, 0.3) is 0 Å². The number of aliphatic hydroxyl groups excluding tert-OH is 1. The molecular weight excluding hydrogens is 260 g/mol. The smallest absolute Gasteiger partial charge is 0.191 e. The number of aliphatic hydroxyl groups is 1. The maximum atomic E-state index is 9.00. The van der Waals surface area contributed by atoms with Crippen molar-refractivity contribution in [2.24, 2.45) is 7.05 Å². The van der Waals surface area contributed by atoms with E-state index >= 15 is 0 Å². The molecule has 0 spiro atoms. The third-order valence-corrected chi connectivity index (χ3v) is 3.67. The van der Waals surface area contributed by atoms with E-state index in [0.717, 1.165) is 10.7 Å². The molecule has 2 aromatic rings. The predicted molar refractivity (Wildman–Crippen MR) is 65.7 cm³/mol. The van der Waals surface area contributed by atoms with Gasteiger partial charge >= 0.3 is 0 Å². The van der Waals surface area contributed by atoms with Gasteiger partial charge in [-0.15, -0.1) is 10.2 Å². The lowest BCUT2D eigenvalue weighted by atomic mass is 10.3. The molecule has 0 aliphatic heterocycles. The van der Waals surface area contributed by atoms with Crippen LogP contribution >= 0.6 is 23.4 Å². The molecule has 1 N–H and O–H groups in total. The zero-order valence-corrected chi connectivity index (χ0v) is 10.7. The number of hydrogen-bond acceptors (Lipinski definition) is 5. The molecule has 7 heteroatoms. The Balaban J connectivity index is 2.07. The largest absolute Gasteiger partial charge is 0.388 e. The van der Waals surface area contributed by atoms with Crippen LogP contribution in [0.15, 0.2) is 23.5 Å². The first-order valence-corrected chi connectivity index (χ1v) is 6.30. The van der Waals surface area contributed by atoms with E-state index in [-0.39, 0.29) is 6.61 Å². The summed E-state index contributed by atoms with van der Waals surface area (Å²) in [5.41, 5.74) is 0.952. The summed E-state index contributed by atoms with van der Waals surface area (Å²) in [7, 11) is 1.82. The van der Waals surface area contributed by atoms with Crippen LogP contribution in [-0.2, 0) is 19.4 Å². The quantitative estimate of drug-likeness (QED) is 0.676. The maximum absolute atomic E-state index is 9.00. The summed E-state index contributed by atoms with van der Waals surface area (Å²) in [6.07, 6.45) is 1.66. The van der Waals surface area contributed by atoms with Crippen molar-refractivity contribution in [1.29, 1.82) is 0 Å². The average Bonchev–Trinajstić information content (AvgIpc) is 2.69. The molecule has 5 nitrogen and oxygen atoms in total. The van der Waals surface area contributed by atoms with Crippen LogP contribution in [0.2, 0.25) is 5.15 Å². The average molecular weight is 271 g/mol. The number of thioether (sulfide) groups is 1. The van der Waals surface area contributed by atoms with Crippen molar-refractivity contribution in [2.75, 3.05) is 0 Å². The van der Waals surface area contributed by atoms with Crippen LogP contribution in [0.1, 0.15) is 11.4 Å². The van der Waals surface area contributed by atoms with Crippen molar-refractivity contribution in [1.82, 2.24) is 19.7 Å². The van der Waals surface area contributed by atoms with Crippen LogP contribution in [0.3, 0.4) is 0 Å². The van der Waals surface area contributed by atoms with E-state index in [2.05, 4.69) is 15.2 Å². The fourth-order valence-electron chi connectivity index (χ4n) is 1.28. The Hall–Kier alpha value is -1.11. The van der Waals surface area contributed by atoms with Crippen molar-refractivity contribution in [3.8, 4) is 0 Å². The van der Waals surface area contributed by atoms with Crippen LogP contribution in [-0.4, -0.2) is 24.9 Å². The fraction of sp³-hybridized carbons (Fsp3) is 0.300. The fourth-order valence-corrected chi connectivity index (χ4v) is 2.46. The Morgan fingerprint density at radius 1 is 1.47 bits per heavy atom. The summed E-state index contributed by atoms with van der Waals surface area (Å²) < 4.78 is 1.76. The lowest BCUT2D eigenvalue weighted by Crippen LogP contribution is -1.98. The number of nitrogens with zero attached hydrogens (tertiary/aromatic N) is 4. The van der Waals surface area contributed by atoms with E-state index in [1.807, 2.05) is 19.2 Å². The molecule has 0 amide bonds. The van der Waals surface area contributed by atoms with Crippen molar-refractivity contribution in [2.45, 2.75) is 17.5 Å². The zero-order valence-electron chi connectivity index (χ0n) is 9.17. The minimum atomic E-state index is -0.113. The van der Waals surface area contributed by atoms with E-state index in [1.165, 1.54) is 11.8 Å². The topological polar surface area (TPSA) is 63.8 Å². The van der Waals surface area contributed by atoms with Gasteiger partial charge in [-0.3, -0.25) is 0 Å². The second-order valence-corrected chi connectivity index (χ2v) is 4.66. The van der Waals surface area contributed by atoms with Gasteiger partial charge in [-0.1, -0.05) is 29.4 Å². The highest BCUT2D eigenvalue weighted by Gasteiger charge is 2.09. The first kappa shape index (κ1) is 12.3. The van der Waals surface area contributed by atoms with Crippen LogP contribution in [0.4, 0.5) is 0 Å². The summed E-state index contributed by atoms with van der Waals surface area (Å²) in [5.74, 6) is 1.22. The SMILES string of the molecule is Cn1c(CO)nnc1SCc1cccnc1Cl.